The van der Waals surface area contributed by atoms with E-state index in [1.54, 1.807) is 0 Å². The van der Waals surface area contributed by atoms with Crippen LogP contribution in [0.1, 0.15) is 11.1 Å². The van der Waals surface area contributed by atoms with Crippen molar-refractivity contribution in [1.29, 1.82) is 0 Å². The molecule has 0 aliphatic heterocycles. The molecule has 2 aromatic rings. The van der Waals surface area contributed by atoms with Gasteiger partial charge in [-0.3, -0.25) is 4.98 Å². The first-order valence-corrected chi connectivity index (χ1v) is 6.07. The van der Waals surface area contributed by atoms with Crippen LogP contribution in [-0.2, 0) is 12.8 Å². The number of hydrogen-bond acceptors (Lipinski definition) is 4. The van der Waals surface area contributed by atoms with Crippen molar-refractivity contribution >= 4 is 11.8 Å². The Morgan fingerprint density at radius 1 is 1.21 bits per heavy atom. The Kier molecular flexibility index (Phi) is 4.06. The normalized spacial score (nSPS) is 11.6. The Hall–Kier alpha value is -1.60. The number of rotatable bonds is 3. The van der Waals surface area contributed by atoms with Gasteiger partial charge in [0.05, 0.1) is 18.4 Å². The summed E-state index contributed by atoms with van der Waals surface area (Å²) in [6.07, 6.45) is -0.0654. The van der Waals surface area contributed by atoms with Crippen molar-refractivity contribution in [3.8, 4) is 0 Å². The second-order valence-corrected chi connectivity index (χ2v) is 4.71. The van der Waals surface area contributed by atoms with Crippen molar-refractivity contribution in [2.75, 3.05) is 0 Å². The summed E-state index contributed by atoms with van der Waals surface area (Å²) in [5, 5.41) is 9.44. The highest BCUT2D eigenvalue weighted by Gasteiger charge is 2.33. The van der Waals surface area contributed by atoms with E-state index in [4.69, 9.17) is 5.11 Å². The van der Waals surface area contributed by atoms with E-state index in [0.717, 1.165) is 17.8 Å². The molecule has 0 amide bonds. The molecule has 19 heavy (non-hydrogen) atoms. The smallest absolute Gasteiger partial charge is 0.392 e. The third-order valence-corrected chi connectivity index (χ3v) is 3.23. The van der Waals surface area contributed by atoms with Gasteiger partial charge in [0.1, 0.15) is 5.03 Å². The first kappa shape index (κ1) is 13.8. The van der Waals surface area contributed by atoms with E-state index in [2.05, 4.69) is 9.97 Å². The summed E-state index contributed by atoms with van der Waals surface area (Å²) in [7, 11) is 0. The standard InChI is InChI=1S/C12H9F3N2OS/c13-12(14,15)10-5-9(2-1-8(10)7-18)19-11-6-16-3-4-17-11/h1-6,18H,7H2. The minimum atomic E-state index is -4.49. The van der Waals surface area contributed by atoms with Crippen LogP contribution in [0.5, 0.6) is 0 Å². The maximum atomic E-state index is 12.8. The lowest BCUT2D eigenvalue weighted by molar-refractivity contribution is -0.138. The van der Waals surface area contributed by atoms with Crippen molar-refractivity contribution in [1.82, 2.24) is 9.97 Å². The molecule has 0 atom stereocenters. The lowest BCUT2D eigenvalue weighted by Gasteiger charge is -2.12. The van der Waals surface area contributed by atoms with Gasteiger partial charge in [0, 0.05) is 17.3 Å². The second-order valence-electron chi connectivity index (χ2n) is 3.62. The molecule has 7 heteroatoms. The first-order valence-electron chi connectivity index (χ1n) is 5.25. The number of halogens is 3. The maximum Gasteiger partial charge on any atom is 0.416 e. The van der Waals surface area contributed by atoms with E-state index in [0.29, 0.717) is 9.92 Å². The third kappa shape index (κ3) is 3.45. The molecule has 0 unspecified atom stereocenters. The van der Waals surface area contributed by atoms with Crippen LogP contribution in [0.25, 0.3) is 0 Å². The molecule has 0 bridgehead atoms. The molecular weight excluding hydrogens is 277 g/mol. The summed E-state index contributed by atoms with van der Waals surface area (Å²) in [5.74, 6) is 0. The fourth-order valence-corrected chi connectivity index (χ4v) is 2.26. The molecule has 2 rings (SSSR count). The number of nitrogens with zero attached hydrogens (tertiary/aromatic N) is 2. The van der Waals surface area contributed by atoms with E-state index in [-0.39, 0.29) is 5.56 Å². The van der Waals surface area contributed by atoms with Gasteiger partial charge in [-0.1, -0.05) is 17.8 Å². The first-order chi connectivity index (χ1) is 9.00. The van der Waals surface area contributed by atoms with Gasteiger partial charge in [0.15, 0.2) is 0 Å². The van der Waals surface area contributed by atoms with E-state index in [9.17, 15) is 13.2 Å². The van der Waals surface area contributed by atoms with E-state index < -0.39 is 18.3 Å². The molecule has 1 N–H and O–H groups in total. The van der Waals surface area contributed by atoms with Crippen LogP contribution in [0.2, 0.25) is 0 Å². The molecule has 0 spiro atoms. The van der Waals surface area contributed by atoms with Crippen LogP contribution in [0, 0.1) is 0 Å². The molecule has 1 aromatic heterocycles. The lowest BCUT2D eigenvalue weighted by Crippen LogP contribution is -2.09. The minimum absolute atomic E-state index is 0.143. The number of hydrogen-bond donors (Lipinski definition) is 1. The van der Waals surface area contributed by atoms with Crippen molar-refractivity contribution in [3.05, 3.63) is 47.9 Å². The Labute approximate surface area is 111 Å². The summed E-state index contributed by atoms with van der Waals surface area (Å²) < 4.78 is 38.4. The molecule has 1 aromatic carbocycles. The number of aliphatic hydroxyl groups excluding tert-OH is 1. The Balaban J connectivity index is 2.33. The average Bonchev–Trinajstić information content (AvgIpc) is 2.39. The summed E-state index contributed by atoms with van der Waals surface area (Å²) in [6, 6.07) is 3.78. The summed E-state index contributed by atoms with van der Waals surface area (Å²) in [4.78, 5) is 8.21. The van der Waals surface area contributed by atoms with Gasteiger partial charge in [-0.05, 0) is 17.7 Å². The van der Waals surface area contributed by atoms with E-state index >= 15 is 0 Å². The summed E-state index contributed by atoms with van der Waals surface area (Å²) in [6.45, 7) is -0.648. The minimum Gasteiger partial charge on any atom is -0.392 e. The summed E-state index contributed by atoms with van der Waals surface area (Å²) >= 11 is 1.08. The largest absolute Gasteiger partial charge is 0.416 e. The molecule has 0 saturated carbocycles. The molecule has 0 fully saturated rings. The van der Waals surface area contributed by atoms with Gasteiger partial charge in [0.25, 0.3) is 0 Å². The highest BCUT2D eigenvalue weighted by atomic mass is 32.2. The maximum absolute atomic E-state index is 12.8. The second kappa shape index (κ2) is 5.58. The Bertz CT molecular complexity index is 561. The number of aromatic nitrogens is 2. The number of alkyl halides is 3. The van der Waals surface area contributed by atoms with Crippen LogP contribution in [0.3, 0.4) is 0 Å². The zero-order valence-corrected chi connectivity index (χ0v) is 10.4. The predicted octanol–water partition coefficient (Wildman–Crippen LogP) is 3.14. The predicted molar refractivity (Wildman–Crippen MR) is 63.5 cm³/mol. The molecular formula is C12H9F3N2OS. The highest BCUT2D eigenvalue weighted by molar-refractivity contribution is 7.99. The van der Waals surface area contributed by atoms with Crippen LogP contribution in [0.4, 0.5) is 13.2 Å². The van der Waals surface area contributed by atoms with Gasteiger partial charge >= 0.3 is 6.18 Å². The monoisotopic (exact) mass is 286 g/mol. The van der Waals surface area contributed by atoms with Crippen LogP contribution >= 0.6 is 11.8 Å². The molecule has 0 saturated heterocycles. The quantitative estimate of drug-likeness (QED) is 0.941. The topological polar surface area (TPSA) is 46.0 Å². The highest BCUT2D eigenvalue weighted by Crippen LogP contribution is 2.36. The van der Waals surface area contributed by atoms with Gasteiger partial charge in [-0.15, -0.1) is 0 Å². The molecule has 0 aliphatic rings. The van der Waals surface area contributed by atoms with Crippen LogP contribution < -0.4 is 0 Å². The van der Waals surface area contributed by atoms with E-state index in [1.165, 1.54) is 30.7 Å². The fourth-order valence-electron chi connectivity index (χ4n) is 1.48. The third-order valence-electron chi connectivity index (χ3n) is 2.32. The number of aliphatic hydroxyl groups is 1. The van der Waals surface area contributed by atoms with Crippen LogP contribution in [0.15, 0.2) is 46.7 Å². The van der Waals surface area contributed by atoms with Gasteiger partial charge in [0.2, 0.25) is 0 Å². The van der Waals surface area contributed by atoms with Crippen molar-refractivity contribution in [3.63, 3.8) is 0 Å². The van der Waals surface area contributed by atoms with Gasteiger partial charge in [-0.25, -0.2) is 4.98 Å². The molecule has 1 heterocycles. The molecule has 100 valence electrons. The zero-order chi connectivity index (χ0) is 13.9. The van der Waals surface area contributed by atoms with Crippen molar-refractivity contribution in [2.45, 2.75) is 22.7 Å². The fraction of sp³-hybridized carbons (Fsp3) is 0.167. The van der Waals surface area contributed by atoms with Crippen molar-refractivity contribution in [2.24, 2.45) is 0 Å². The average molecular weight is 286 g/mol. The Morgan fingerprint density at radius 2 is 2.00 bits per heavy atom. The van der Waals surface area contributed by atoms with E-state index in [1.807, 2.05) is 0 Å². The van der Waals surface area contributed by atoms with Gasteiger partial charge in [-0.2, -0.15) is 13.2 Å². The van der Waals surface area contributed by atoms with Crippen LogP contribution in [-0.4, -0.2) is 15.1 Å². The zero-order valence-electron chi connectivity index (χ0n) is 9.55. The number of benzene rings is 1. The molecule has 0 radical (unpaired) electrons. The Morgan fingerprint density at radius 3 is 2.58 bits per heavy atom. The van der Waals surface area contributed by atoms with Crippen molar-refractivity contribution < 1.29 is 18.3 Å². The summed E-state index contributed by atoms with van der Waals surface area (Å²) in [5.41, 5.74) is -0.972. The van der Waals surface area contributed by atoms with Gasteiger partial charge < -0.3 is 5.11 Å². The SMILES string of the molecule is OCc1ccc(Sc2cnccn2)cc1C(F)(F)F. The lowest BCUT2D eigenvalue weighted by atomic mass is 10.1. The molecule has 0 aliphatic carbocycles. The molecule has 3 nitrogen and oxygen atoms in total.